The van der Waals surface area contributed by atoms with E-state index >= 15 is 0 Å². The minimum atomic E-state index is -0.644. The minimum Gasteiger partial charge on any atom is -0.439 e. The number of nitrogens with one attached hydrogen (secondary N) is 1. The lowest BCUT2D eigenvalue weighted by atomic mass is 10.0. The van der Waals surface area contributed by atoms with E-state index < -0.39 is 24.1 Å². The van der Waals surface area contributed by atoms with E-state index in [1.54, 1.807) is 24.3 Å². The minimum absolute atomic E-state index is 0.229. The average molecular weight is 289 g/mol. The van der Waals surface area contributed by atoms with Crippen molar-refractivity contribution in [2.45, 2.75) is 25.0 Å². The molecule has 2 aliphatic heterocycles. The molecule has 2 unspecified atom stereocenters. The molecule has 2 saturated heterocycles. The molecule has 3 rings (SSSR count). The van der Waals surface area contributed by atoms with Crippen molar-refractivity contribution in [3.8, 4) is 0 Å². The van der Waals surface area contributed by atoms with Crippen molar-refractivity contribution in [2.75, 3.05) is 12.3 Å². The summed E-state index contributed by atoms with van der Waals surface area (Å²) in [7, 11) is 0. The lowest BCUT2D eigenvalue weighted by Crippen LogP contribution is -2.52. The molecule has 2 atom stereocenters. The number of carbonyl (C=O) groups excluding carboxylic acids is 3. The first kappa shape index (κ1) is 13.4. The van der Waals surface area contributed by atoms with Gasteiger partial charge in [-0.05, 0) is 24.1 Å². The molecule has 110 valence electrons. The van der Waals surface area contributed by atoms with E-state index in [0.717, 1.165) is 5.56 Å². The Morgan fingerprint density at radius 2 is 1.90 bits per heavy atom. The Labute approximate surface area is 121 Å². The van der Waals surface area contributed by atoms with Gasteiger partial charge in [-0.3, -0.25) is 19.8 Å². The Bertz CT molecular complexity index is 599. The van der Waals surface area contributed by atoms with Crippen molar-refractivity contribution in [3.05, 3.63) is 29.8 Å². The molecule has 21 heavy (non-hydrogen) atoms. The highest BCUT2D eigenvalue weighted by molar-refractivity contribution is 6.01. The van der Waals surface area contributed by atoms with Crippen LogP contribution in [0.3, 0.4) is 0 Å². The smallest absolute Gasteiger partial charge is 0.411 e. The maximum absolute atomic E-state index is 12.0. The topological polar surface area (TPSA) is 102 Å². The third-order valence-corrected chi connectivity index (χ3v) is 3.73. The number of imide groups is 1. The van der Waals surface area contributed by atoms with E-state index in [2.05, 4.69) is 5.32 Å². The van der Waals surface area contributed by atoms with E-state index in [1.165, 1.54) is 4.90 Å². The number of ether oxygens (including phenoxy) is 1. The van der Waals surface area contributed by atoms with E-state index in [1.807, 2.05) is 0 Å². The van der Waals surface area contributed by atoms with Crippen LogP contribution < -0.4 is 11.1 Å². The van der Waals surface area contributed by atoms with Crippen LogP contribution in [0.5, 0.6) is 0 Å². The van der Waals surface area contributed by atoms with Crippen molar-refractivity contribution in [1.82, 2.24) is 10.2 Å². The summed E-state index contributed by atoms with van der Waals surface area (Å²) < 4.78 is 5.31. The Kier molecular flexibility index (Phi) is 3.25. The molecule has 7 nitrogen and oxygen atoms in total. The van der Waals surface area contributed by atoms with Gasteiger partial charge in [-0.2, -0.15) is 0 Å². The number of carbonyl (C=O) groups is 3. The van der Waals surface area contributed by atoms with Crippen LogP contribution in [-0.4, -0.2) is 35.4 Å². The predicted octanol–water partition coefficient (Wildman–Crippen LogP) is 0.567. The number of nitrogens with zero attached hydrogens (tertiary/aromatic N) is 1. The van der Waals surface area contributed by atoms with Crippen molar-refractivity contribution in [1.29, 1.82) is 0 Å². The third kappa shape index (κ3) is 2.54. The largest absolute Gasteiger partial charge is 0.439 e. The van der Waals surface area contributed by atoms with E-state index in [4.69, 9.17) is 10.5 Å². The highest BCUT2D eigenvalue weighted by atomic mass is 16.6. The number of hydrogen-bond acceptors (Lipinski definition) is 5. The first-order chi connectivity index (χ1) is 10.0. The fourth-order valence-corrected chi connectivity index (χ4v) is 2.60. The molecular formula is C14H15N3O4. The van der Waals surface area contributed by atoms with Crippen molar-refractivity contribution < 1.29 is 19.1 Å². The molecule has 0 saturated carbocycles. The molecule has 3 amide bonds. The maximum Gasteiger partial charge on any atom is 0.411 e. The molecule has 2 heterocycles. The van der Waals surface area contributed by atoms with Crippen LogP contribution in [-0.2, 0) is 14.3 Å². The number of benzene rings is 1. The summed E-state index contributed by atoms with van der Waals surface area (Å²) in [5.74, 6) is -0.750. The quantitative estimate of drug-likeness (QED) is 0.612. The first-order valence-electron chi connectivity index (χ1n) is 6.71. The molecule has 0 spiro atoms. The monoisotopic (exact) mass is 289 g/mol. The zero-order valence-electron chi connectivity index (χ0n) is 11.2. The normalized spacial score (nSPS) is 25.7. The fraction of sp³-hybridized carbons (Fsp3) is 0.357. The lowest BCUT2D eigenvalue weighted by molar-refractivity contribution is -0.136. The summed E-state index contributed by atoms with van der Waals surface area (Å²) in [5.41, 5.74) is 7.08. The number of rotatable bonds is 2. The number of anilines is 1. The maximum atomic E-state index is 12.0. The predicted molar refractivity (Wildman–Crippen MR) is 73.0 cm³/mol. The summed E-state index contributed by atoms with van der Waals surface area (Å²) in [6.45, 7) is 0.287. The second-order valence-corrected chi connectivity index (χ2v) is 5.16. The first-order valence-corrected chi connectivity index (χ1v) is 6.71. The molecule has 1 aromatic carbocycles. The van der Waals surface area contributed by atoms with Crippen LogP contribution in [0, 0.1) is 0 Å². The second-order valence-electron chi connectivity index (χ2n) is 5.16. The van der Waals surface area contributed by atoms with Gasteiger partial charge < -0.3 is 10.5 Å². The van der Waals surface area contributed by atoms with Crippen LogP contribution in [0.1, 0.15) is 24.5 Å². The van der Waals surface area contributed by atoms with Gasteiger partial charge in [0.05, 0.1) is 6.54 Å². The highest BCUT2D eigenvalue weighted by Crippen LogP contribution is 2.29. The molecule has 0 bridgehead atoms. The number of nitrogen functional groups attached to an aromatic ring is 1. The van der Waals surface area contributed by atoms with Gasteiger partial charge in [-0.1, -0.05) is 12.1 Å². The van der Waals surface area contributed by atoms with Crippen LogP contribution in [0.25, 0.3) is 0 Å². The fourth-order valence-electron chi connectivity index (χ4n) is 2.60. The Morgan fingerprint density at radius 3 is 2.57 bits per heavy atom. The second kappa shape index (κ2) is 5.08. The SMILES string of the molecule is Nc1ccc(C2CN(C3CCC(=O)NC3=O)C(=O)O2)cc1. The Morgan fingerprint density at radius 1 is 1.19 bits per heavy atom. The van der Waals surface area contributed by atoms with E-state index in [0.29, 0.717) is 12.1 Å². The van der Waals surface area contributed by atoms with Gasteiger partial charge in [0.2, 0.25) is 11.8 Å². The van der Waals surface area contributed by atoms with Gasteiger partial charge in [0.1, 0.15) is 12.1 Å². The summed E-state index contributed by atoms with van der Waals surface area (Å²) in [6, 6.07) is 6.41. The number of cyclic esters (lactones) is 1. The molecule has 0 radical (unpaired) electrons. The zero-order valence-corrected chi connectivity index (χ0v) is 11.2. The number of nitrogens with two attached hydrogens (primary N) is 1. The molecule has 3 N–H and O–H groups in total. The van der Waals surface area contributed by atoms with Gasteiger partial charge in [0.15, 0.2) is 0 Å². The van der Waals surface area contributed by atoms with Gasteiger partial charge in [-0.15, -0.1) is 0 Å². The van der Waals surface area contributed by atoms with Crippen molar-refractivity contribution in [2.24, 2.45) is 0 Å². The summed E-state index contributed by atoms with van der Waals surface area (Å²) in [6.07, 6.45) is -0.407. The van der Waals surface area contributed by atoms with E-state index in [-0.39, 0.29) is 18.9 Å². The van der Waals surface area contributed by atoms with Gasteiger partial charge >= 0.3 is 6.09 Å². The number of amides is 3. The van der Waals surface area contributed by atoms with Crippen LogP contribution >= 0.6 is 0 Å². The third-order valence-electron chi connectivity index (χ3n) is 3.73. The lowest BCUT2D eigenvalue weighted by Gasteiger charge is -2.27. The molecule has 0 aliphatic carbocycles. The molecule has 7 heteroatoms. The van der Waals surface area contributed by atoms with Crippen LogP contribution in [0.2, 0.25) is 0 Å². The van der Waals surface area contributed by atoms with Crippen LogP contribution in [0.4, 0.5) is 10.5 Å². The average Bonchev–Trinajstić information content (AvgIpc) is 2.81. The van der Waals surface area contributed by atoms with Crippen LogP contribution in [0.15, 0.2) is 24.3 Å². The number of piperidine rings is 1. The number of hydrogen-bond donors (Lipinski definition) is 2. The molecule has 0 aromatic heterocycles. The Balaban J connectivity index is 1.74. The zero-order chi connectivity index (χ0) is 15.0. The summed E-state index contributed by atoms with van der Waals surface area (Å²) in [4.78, 5) is 36.3. The van der Waals surface area contributed by atoms with Gasteiger partial charge in [-0.25, -0.2) is 4.79 Å². The molecule has 2 aliphatic rings. The molecular weight excluding hydrogens is 274 g/mol. The van der Waals surface area contributed by atoms with Gasteiger partial charge in [0.25, 0.3) is 0 Å². The van der Waals surface area contributed by atoms with Gasteiger partial charge in [0, 0.05) is 12.1 Å². The highest BCUT2D eigenvalue weighted by Gasteiger charge is 2.41. The van der Waals surface area contributed by atoms with Crippen molar-refractivity contribution in [3.63, 3.8) is 0 Å². The summed E-state index contributed by atoms with van der Waals surface area (Å²) >= 11 is 0. The molecule has 2 fully saturated rings. The molecule has 1 aromatic rings. The standard InChI is InChI=1S/C14H15N3O4/c15-9-3-1-8(2-4-9)11-7-17(14(20)21-11)10-5-6-12(18)16-13(10)19/h1-4,10-11H,5-7,15H2,(H,16,18,19). The Hall–Kier alpha value is -2.57. The van der Waals surface area contributed by atoms with E-state index in [9.17, 15) is 14.4 Å². The summed E-state index contributed by atoms with van der Waals surface area (Å²) in [5, 5.41) is 2.25. The van der Waals surface area contributed by atoms with Crippen molar-refractivity contribution >= 4 is 23.6 Å².